The molecule has 0 aliphatic rings. The van der Waals surface area contributed by atoms with Gasteiger partial charge in [-0.25, -0.2) is 0 Å². The zero-order valence-corrected chi connectivity index (χ0v) is 45.0. The normalized spacial score (nSPS) is 11.9. The number of unbranched alkanes of at least 4 members (excludes halogenated alkanes) is 45. The van der Waals surface area contributed by atoms with Gasteiger partial charge < -0.3 is 14.2 Å². The zero-order valence-electron chi connectivity index (χ0n) is 45.0. The molecule has 0 aromatic heterocycles. The molecule has 0 aromatic carbocycles. The summed E-state index contributed by atoms with van der Waals surface area (Å²) in [5, 5.41) is 0. The third-order valence-electron chi connectivity index (χ3n) is 13.9. The van der Waals surface area contributed by atoms with E-state index >= 15 is 0 Å². The number of ether oxygens (including phenoxy) is 3. The molecular weight excluding hydrogens is 817 g/mol. The van der Waals surface area contributed by atoms with Crippen molar-refractivity contribution in [3.05, 3.63) is 0 Å². The van der Waals surface area contributed by atoms with E-state index < -0.39 is 6.10 Å². The largest absolute Gasteiger partial charge is 0.462 e. The molecule has 0 aliphatic carbocycles. The fourth-order valence-electron chi connectivity index (χ4n) is 9.33. The molecule has 0 N–H and O–H groups in total. The highest BCUT2D eigenvalue weighted by Gasteiger charge is 2.19. The quantitative estimate of drug-likeness (QED) is 0.0343. The molecule has 0 fully saturated rings. The second-order valence-electron chi connectivity index (χ2n) is 20.6. The van der Waals surface area contributed by atoms with Crippen molar-refractivity contribution in [1.29, 1.82) is 0 Å². The third-order valence-corrected chi connectivity index (χ3v) is 13.9. The molecule has 0 aliphatic heterocycles. The fourth-order valence-corrected chi connectivity index (χ4v) is 9.33. The van der Waals surface area contributed by atoms with E-state index in [0.717, 1.165) is 57.8 Å². The molecule has 6 heteroatoms. The van der Waals surface area contributed by atoms with E-state index in [2.05, 4.69) is 20.8 Å². The lowest BCUT2D eigenvalue weighted by Gasteiger charge is -2.18. The summed E-state index contributed by atoms with van der Waals surface area (Å²) in [6.45, 7) is 6.65. The SMILES string of the molecule is CCCCCCCCCCCCCCCCCCCCCCCCCCCCCCCCC(=O)OCC(COC(=O)CCCCCCCCCCC)OC(=O)CCCCCCCCCCC. The zero-order chi connectivity index (χ0) is 47.9. The van der Waals surface area contributed by atoms with Crippen molar-refractivity contribution < 1.29 is 28.6 Å². The van der Waals surface area contributed by atoms with E-state index in [1.54, 1.807) is 0 Å². The number of hydrogen-bond donors (Lipinski definition) is 0. The highest BCUT2D eigenvalue weighted by molar-refractivity contribution is 5.71. The lowest BCUT2D eigenvalue weighted by Crippen LogP contribution is -2.30. The van der Waals surface area contributed by atoms with Crippen LogP contribution in [0.25, 0.3) is 0 Å². The topological polar surface area (TPSA) is 78.9 Å². The number of rotatable bonds is 56. The summed E-state index contributed by atoms with van der Waals surface area (Å²) >= 11 is 0. The molecule has 6 nitrogen and oxygen atoms in total. The molecule has 0 aromatic rings. The summed E-state index contributed by atoms with van der Waals surface area (Å²) in [5.74, 6) is -0.846. The summed E-state index contributed by atoms with van der Waals surface area (Å²) in [6.07, 6.45) is 62.9. The Morgan fingerprint density at radius 1 is 0.242 bits per heavy atom. The van der Waals surface area contributed by atoms with Crippen molar-refractivity contribution in [3.8, 4) is 0 Å². The maximum Gasteiger partial charge on any atom is 0.306 e. The summed E-state index contributed by atoms with van der Waals surface area (Å²) in [5.41, 5.74) is 0. The molecule has 0 spiro atoms. The van der Waals surface area contributed by atoms with Crippen LogP contribution in [-0.2, 0) is 28.6 Å². The van der Waals surface area contributed by atoms with Crippen LogP contribution in [0.3, 0.4) is 0 Å². The van der Waals surface area contributed by atoms with Crippen molar-refractivity contribution in [3.63, 3.8) is 0 Å². The van der Waals surface area contributed by atoms with Crippen molar-refractivity contribution in [1.82, 2.24) is 0 Å². The monoisotopic (exact) mass is 933 g/mol. The van der Waals surface area contributed by atoms with Crippen molar-refractivity contribution >= 4 is 17.9 Å². The van der Waals surface area contributed by atoms with E-state index in [1.807, 2.05) is 0 Å². The van der Waals surface area contributed by atoms with Gasteiger partial charge in [0.05, 0.1) is 0 Å². The van der Waals surface area contributed by atoms with Gasteiger partial charge in [-0.15, -0.1) is 0 Å². The minimum atomic E-state index is -0.759. The Bertz CT molecular complexity index is 982. The molecule has 0 amide bonds. The summed E-state index contributed by atoms with van der Waals surface area (Å²) < 4.78 is 16.8. The van der Waals surface area contributed by atoms with Gasteiger partial charge in [-0.1, -0.05) is 310 Å². The van der Waals surface area contributed by atoms with Gasteiger partial charge in [-0.3, -0.25) is 14.4 Å². The predicted molar refractivity (Wildman–Crippen MR) is 284 cm³/mol. The van der Waals surface area contributed by atoms with Gasteiger partial charge in [0.1, 0.15) is 13.2 Å². The molecule has 0 heterocycles. The van der Waals surface area contributed by atoms with Crippen LogP contribution >= 0.6 is 0 Å². The van der Waals surface area contributed by atoms with E-state index in [1.165, 1.54) is 250 Å². The molecule has 1 atom stereocenters. The Hall–Kier alpha value is -1.59. The summed E-state index contributed by atoms with van der Waals surface area (Å²) in [6, 6.07) is 0. The molecule has 0 saturated carbocycles. The van der Waals surface area contributed by atoms with Crippen LogP contribution in [-0.4, -0.2) is 37.2 Å². The number of esters is 3. The maximum absolute atomic E-state index is 12.7. The Labute approximate surface area is 412 Å². The van der Waals surface area contributed by atoms with Gasteiger partial charge in [-0.2, -0.15) is 0 Å². The van der Waals surface area contributed by atoms with Crippen molar-refractivity contribution in [2.45, 2.75) is 354 Å². The van der Waals surface area contributed by atoms with Gasteiger partial charge in [0, 0.05) is 19.3 Å². The summed E-state index contributed by atoms with van der Waals surface area (Å²) in [7, 11) is 0. The van der Waals surface area contributed by atoms with E-state index in [4.69, 9.17) is 14.2 Å². The van der Waals surface area contributed by atoms with Crippen LogP contribution in [0, 0.1) is 0 Å². The highest BCUT2D eigenvalue weighted by Crippen LogP contribution is 2.18. The molecule has 66 heavy (non-hydrogen) atoms. The van der Waals surface area contributed by atoms with Gasteiger partial charge in [0.25, 0.3) is 0 Å². The molecule has 1 unspecified atom stereocenters. The second kappa shape index (κ2) is 56.0. The first kappa shape index (κ1) is 64.4. The van der Waals surface area contributed by atoms with Gasteiger partial charge in [0.15, 0.2) is 6.10 Å². The maximum atomic E-state index is 12.7. The van der Waals surface area contributed by atoms with Crippen LogP contribution in [0.4, 0.5) is 0 Å². The van der Waals surface area contributed by atoms with Crippen LogP contribution < -0.4 is 0 Å². The molecule has 0 saturated heterocycles. The first-order valence-corrected chi connectivity index (χ1v) is 30.0. The van der Waals surface area contributed by atoms with Crippen LogP contribution in [0.1, 0.15) is 348 Å². The third kappa shape index (κ3) is 53.4. The molecule has 0 radical (unpaired) electrons. The number of carbonyl (C=O) groups excluding carboxylic acids is 3. The average Bonchev–Trinajstić information content (AvgIpc) is 3.31. The number of carbonyl (C=O) groups is 3. The smallest absolute Gasteiger partial charge is 0.306 e. The first-order valence-electron chi connectivity index (χ1n) is 30.0. The second-order valence-corrected chi connectivity index (χ2v) is 20.6. The first-order chi connectivity index (χ1) is 32.5. The summed E-state index contributed by atoms with van der Waals surface area (Å²) in [4.78, 5) is 37.8. The van der Waals surface area contributed by atoms with Gasteiger partial charge >= 0.3 is 17.9 Å². The van der Waals surface area contributed by atoms with E-state index in [0.29, 0.717) is 19.3 Å². The Balaban J connectivity index is 3.91. The number of hydrogen-bond acceptors (Lipinski definition) is 6. The molecule has 0 rings (SSSR count). The van der Waals surface area contributed by atoms with Gasteiger partial charge in [0.2, 0.25) is 0 Å². The van der Waals surface area contributed by atoms with Gasteiger partial charge in [-0.05, 0) is 19.3 Å². The van der Waals surface area contributed by atoms with E-state index in [-0.39, 0.29) is 31.1 Å². The highest BCUT2D eigenvalue weighted by atomic mass is 16.6. The molecule has 392 valence electrons. The Morgan fingerprint density at radius 2 is 0.409 bits per heavy atom. The molecule has 0 bridgehead atoms. The minimum Gasteiger partial charge on any atom is -0.462 e. The standard InChI is InChI=1S/C60H116O6/c1-4-7-10-13-16-19-20-21-22-23-24-25-26-27-28-29-30-31-32-33-34-35-36-37-38-39-42-44-47-50-53-59(62)65-56-57(66-60(63)54-51-48-45-41-18-15-12-9-6-3)55-64-58(61)52-49-46-43-40-17-14-11-8-5-2/h57H,4-56H2,1-3H3. The van der Waals surface area contributed by atoms with Crippen LogP contribution in [0.5, 0.6) is 0 Å². The van der Waals surface area contributed by atoms with E-state index in [9.17, 15) is 14.4 Å². The Kier molecular flexibility index (Phi) is 54.7. The molecular formula is C60H116O6. The lowest BCUT2D eigenvalue weighted by molar-refractivity contribution is -0.167. The fraction of sp³-hybridized carbons (Fsp3) is 0.950. The predicted octanol–water partition coefficient (Wildman–Crippen LogP) is 19.9. The minimum absolute atomic E-state index is 0.0623. The lowest BCUT2D eigenvalue weighted by atomic mass is 10.0. The van der Waals surface area contributed by atoms with Crippen molar-refractivity contribution in [2.24, 2.45) is 0 Å². The Morgan fingerprint density at radius 3 is 0.606 bits per heavy atom. The average molecular weight is 934 g/mol. The van der Waals surface area contributed by atoms with Crippen LogP contribution in [0.2, 0.25) is 0 Å². The van der Waals surface area contributed by atoms with Crippen molar-refractivity contribution in [2.75, 3.05) is 13.2 Å². The van der Waals surface area contributed by atoms with Crippen LogP contribution in [0.15, 0.2) is 0 Å².